The van der Waals surface area contributed by atoms with E-state index in [0.717, 1.165) is 0 Å². The number of hydrogen-bond donors (Lipinski definition) is 2. The predicted molar refractivity (Wildman–Crippen MR) is 53.4 cm³/mol. The molecular formula is C11H14O2. The molecule has 2 heteroatoms. The van der Waals surface area contributed by atoms with E-state index in [2.05, 4.69) is 0 Å². The van der Waals surface area contributed by atoms with Crippen molar-refractivity contribution < 1.29 is 10.2 Å². The zero-order valence-corrected chi connectivity index (χ0v) is 7.86. The van der Waals surface area contributed by atoms with Crippen LogP contribution in [0.5, 0.6) is 5.75 Å². The van der Waals surface area contributed by atoms with Gasteiger partial charge in [-0.3, -0.25) is 0 Å². The predicted octanol–water partition coefficient (Wildman–Crippen LogP) is 2.18. The van der Waals surface area contributed by atoms with Gasteiger partial charge in [0.05, 0.1) is 5.60 Å². The highest BCUT2D eigenvalue weighted by molar-refractivity contribution is 5.57. The maximum absolute atomic E-state index is 9.40. The number of aromatic hydroxyl groups is 1. The first-order valence-electron chi connectivity index (χ1n) is 4.19. The van der Waals surface area contributed by atoms with Crippen LogP contribution in [0.4, 0.5) is 0 Å². The highest BCUT2D eigenvalue weighted by atomic mass is 16.3. The zero-order valence-electron chi connectivity index (χ0n) is 7.86. The molecule has 13 heavy (non-hydrogen) atoms. The first-order valence-corrected chi connectivity index (χ1v) is 4.19. The summed E-state index contributed by atoms with van der Waals surface area (Å²) in [5, 5.41) is 18.8. The van der Waals surface area contributed by atoms with Crippen LogP contribution in [0, 0.1) is 0 Å². The van der Waals surface area contributed by atoms with E-state index in [0.29, 0.717) is 5.56 Å². The van der Waals surface area contributed by atoms with E-state index in [4.69, 9.17) is 0 Å². The molecule has 0 heterocycles. The number of phenols is 1. The average Bonchev–Trinajstić information content (AvgIpc) is 2.01. The van der Waals surface area contributed by atoms with Gasteiger partial charge < -0.3 is 10.2 Å². The number of benzene rings is 1. The topological polar surface area (TPSA) is 40.5 Å². The highest BCUT2D eigenvalue weighted by Crippen LogP contribution is 2.18. The van der Waals surface area contributed by atoms with Gasteiger partial charge in [-0.1, -0.05) is 30.4 Å². The summed E-state index contributed by atoms with van der Waals surface area (Å²) in [6, 6.07) is 7.00. The minimum Gasteiger partial charge on any atom is -0.507 e. The molecule has 70 valence electrons. The molecule has 0 aliphatic rings. The van der Waals surface area contributed by atoms with Crippen LogP contribution in [-0.2, 0) is 0 Å². The molecule has 2 nitrogen and oxygen atoms in total. The molecule has 0 saturated carbocycles. The van der Waals surface area contributed by atoms with Crippen LogP contribution in [-0.4, -0.2) is 15.8 Å². The van der Waals surface area contributed by atoms with Gasteiger partial charge in [0, 0.05) is 5.56 Å². The van der Waals surface area contributed by atoms with E-state index in [1.807, 2.05) is 6.07 Å². The Hall–Kier alpha value is -1.28. The molecule has 0 aliphatic carbocycles. The van der Waals surface area contributed by atoms with Gasteiger partial charge in [-0.05, 0) is 19.9 Å². The Labute approximate surface area is 78.2 Å². The summed E-state index contributed by atoms with van der Waals surface area (Å²) < 4.78 is 0. The quantitative estimate of drug-likeness (QED) is 0.728. The molecule has 0 unspecified atom stereocenters. The average molecular weight is 178 g/mol. The van der Waals surface area contributed by atoms with Gasteiger partial charge in [0.2, 0.25) is 0 Å². The maximum Gasteiger partial charge on any atom is 0.122 e. The Morgan fingerprint density at radius 3 is 2.38 bits per heavy atom. The minimum atomic E-state index is -0.845. The number of phenolic OH excluding ortho intramolecular Hbond substituents is 1. The second-order valence-electron chi connectivity index (χ2n) is 3.55. The first kappa shape index (κ1) is 9.81. The van der Waals surface area contributed by atoms with Crippen molar-refractivity contribution in [3.63, 3.8) is 0 Å². The number of aliphatic hydroxyl groups is 1. The van der Waals surface area contributed by atoms with Gasteiger partial charge in [0.25, 0.3) is 0 Å². The molecule has 0 aliphatic heterocycles. The lowest BCUT2D eigenvalue weighted by Gasteiger charge is -2.10. The second kappa shape index (κ2) is 3.62. The Bertz CT molecular complexity index is 308. The molecule has 1 aromatic rings. The van der Waals surface area contributed by atoms with E-state index in [-0.39, 0.29) is 5.75 Å². The Morgan fingerprint density at radius 2 is 1.85 bits per heavy atom. The normalized spacial score (nSPS) is 12.2. The zero-order chi connectivity index (χ0) is 9.90. The van der Waals surface area contributed by atoms with E-state index in [9.17, 15) is 10.2 Å². The van der Waals surface area contributed by atoms with Crippen LogP contribution in [0.25, 0.3) is 6.08 Å². The van der Waals surface area contributed by atoms with Crippen molar-refractivity contribution in [3.8, 4) is 5.75 Å². The lowest BCUT2D eigenvalue weighted by atomic mass is 10.1. The monoisotopic (exact) mass is 178 g/mol. The van der Waals surface area contributed by atoms with E-state index < -0.39 is 5.60 Å². The number of hydrogen-bond acceptors (Lipinski definition) is 2. The summed E-state index contributed by atoms with van der Waals surface area (Å²) in [6.07, 6.45) is 3.34. The summed E-state index contributed by atoms with van der Waals surface area (Å²) >= 11 is 0. The van der Waals surface area contributed by atoms with Crippen LogP contribution in [0.15, 0.2) is 30.3 Å². The summed E-state index contributed by atoms with van der Waals surface area (Å²) in [4.78, 5) is 0. The van der Waals surface area contributed by atoms with Crippen LogP contribution >= 0.6 is 0 Å². The van der Waals surface area contributed by atoms with Crippen molar-refractivity contribution in [2.24, 2.45) is 0 Å². The molecule has 0 atom stereocenters. The van der Waals surface area contributed by atoms with E-state index >= 15 is 0 Å². The van der Waals surface area contributed by atoms with Gasteiger partial charge >= 0.3 is 0 Å². The SMILES string of the molecule is CC(C)(O)/C=C\c1ccccc1O. The summed E-state index contributed by atoms with van der Waals surface area (Å²) in [5.74, 6) is 0.225. The molecule has 2 N–H and O–H groups in total. The van der Waals surface area contributed by atoms with Crippen molar-refractivity contribution in [1.82, 2.24) is 0 Å². The van der Waals surface area contributed by atoms with Gasteiger partial charge in [-0.25, -0.2) is 0 Å². The molecule has 1 aromatic carbocycles. The molecule has 0 saturated heterocycles. The fourth-order valence-corrected chi connectivity index (χ4v) is 0.922. The molecule has 0 amide bonds. The fraction of sp³-hybridized carbons (Fsp3) is 0.273. The van der Waals surface area contributed by atoms with Gasteiger partial charge in [-0.15, -0.1) is 0 Å². The Balaban J connectivity index is 2.86. The first-order chi connectivity index (χ1) is 5.99. The van der Waals surface area contributed by atoms with Gasteiger partial charge in [-0.2, -0.15) is 0 Å². The fourth-order valence-electron chi connectivity index (χ4n) is 0.922. The number of para-hydroxylation sites is 1. The Morgan fingerprint density at radius 1 is 1.23 bits per heavy atom. The van der Waals surface area contributed by atoms with Crippen molar-refractivity contribution in [1.29, 1.82) is 0 Å². The lowest BCUT2D eigenvalue weighted by molar-refractivity contribution is 0.134. The Kier molecular flexibility index (Phi) is 2.73. The highest BCUT2D eigenvalue weighted by Gasteiger charge is 2.06. The van der Waals surface area contributed by atoms with E-state index in [1.54, 1.807) is 44.2 Å². The van der Waals surface area contributed by atoms with Crippen LogP contribution in [0.2, 0.25) is 0 Å². The molecular weight excluding hydrogens is 164 g/mol. The van der Waals surface area contributed by atoms with Gasteiger partial charge in [0.15, 0.2) is 0 Å². The summed E-state index contributed by atoms with van der Waals surface area (Å²) in [5.41, 5.74) is -0.132. The van der Waals surface area contributed by atoms with Crippen LogP contribution < -0.4 is 0 Å². The van der Waals surface area contributed by atoms with E-state index in [1.165, 1.54) is 0 Å². The van der Waals surface area contributed by atoms with Crippen molar-refractivity contribution in [2.45, 2.75) is 19.4 Å². The summed E-state index contributed by atoms with van der Waals surface area (Å²) in [6.45, 7) is 3.37. The molecule has 1 rings (SSSR count). The third kappa shape index (κ3) is 3.30. The van der Waals surface area contributed by atoms with Crippen LogP contribution in [0.3, 0.4) is 0 Å². The smallest absolute Gasteiger partial charge is 0.122 e. The third-order valence-electron chi connectivity index (χ3n) is 1.61. The standard InChI is InChI=1S/C11H14O2/c1-11(2,13)8-7-9-5-3-4-6-10(9)12/h3-8,12-13H,1-2H3/b8-7-. The lowest BCUT2D eigenvalue weighted by Crippen LogP contribution is -2.13. The molecule has 0 aromatic heterocycles. The van der Waals surface area contributed by atoms with Crippen molar-refractivity contribution >= 4 is 6.08 Å². The van der Waals surface area contributed by atoms with Gasteiger partial charge in [0.1, 0.15) is 5.75 Å². The third-order valence-corrected chi connectivity index (χ3v) is 1.61. The largest absolute Gasteiger partial charge is 0.507 e. The minimum absolute atomic E-state index is 0.225. The number of rotatable bonds is 2. The molecule has 0 bridgehead atoms. The van der Waals surface area contributed by atoms with Crippen molar-refractivity contribution in [3.05, 3.63) is 35.9 Å². The molecule has 0 radical (unpaired) electrons. The summed E-state index contributed by atoms with van der Waals surface area (Å²) in [7, 11) is 0. The van der Waals surface area contributed by atoms with Crippen molar-refractivity contribution in [2.75, 3.05) is 0 Å². The molecule has 0 spiro atoms. The molecule has 0 fully saturated rings. The second-order valence-corrected chi connectivity index (χ2v) is 3.55. The maximum atomic E-state index is 9.40. The van der Waals surface area contributed by atoms with Crippen LogP contribution in [0.1, 0.15) is 19.4 Å².